The van der Waals surface area contributed by atoms with E-state index in [1.165, 1.54) is 11.8 Å². The van der Waals surface area contributed by atoms with Gasteiger partial charge in [0, 0.05) is 37.4 Å². The third-order valence-corrected chi connectivity index (χ3v) is 13.2. The van der Waals surface area contributed by atoms with E-state index in [-0.39, 0.29) is 17.6 Å². The number of thioether (sulfide) groups is 1. The van der Waals surface area contributed by atoms with Crippen molar-refractivity contribution in [3.8, 4) is 0 Å². The number of rotatable bonds is 6. The molecule has 4 rings (SSSR count). The van der Waals surface area contributed by atoms with Gasteiger partial charge in [-0.1, -0.05) is 50.7 Å². The molecular formula is C27H38F3N5O2SSi. The molecule has 0 fully saturated rings. The zero-order chi connectivity index (χ0) is 28.8. The molecule has 1 aromatic heterocycles. The summed E-state index contributed by atoms with van der Waals surface area (Å²) in [6.45, 7) is 15.1. The number of alkyl halides is 3. The minimum Gasteiger partial charge on any atom is -0.415 e. The zero-order valence-corrected chi connectivity index (χ0v) is 25.5. The third-order valence-electron chi connectivity index (χ3n) is 8.11. The van der Waals surface area contributed by atoms with Gasteiger partial charge in [-0.2, -0.15) is 13.2 Å². The summed E-state index contributed by atoms with van der Waals surface area (Å²) in [4.78, 5) is 27.0. The maximum Gasteiger partial charge on any atom is 0.471 e. The van der Waals surface area contributed by atoms with Crippen LogP contribution >= 0.6 is 11.8 Å². The number of carbonyl (C=O) groups excluding carboxylic acids is 1. The second-order valence-electron chi connectivity index (χ2n) is 11.7. The first-order valence-electron chi connectivity index (χ1n) is 13.1. The van der Waals surface area contributed by atoms with E-state index in [1.807, 2.05) is 24.6 Å². The Hall–Kier alpha value is -2.15. The summed E-state index contributed by atoms with van der Waals surface area (Å²) in [7, 11) is -1.94. The topological polar surface area (TPSA) is 61.8 Å². The summed E-state index contributed by atoms with van der Waals surface area (Å²) in [5.41, 5.74) is 2.72. The number of amides is 1. The normalized spacial score (nSPS) is 18.7. The number of anilines is 2. The maximum atomic E-state index is 13.4. The Balaban J connectivity index is 1.64. The Morgan fingerprint density at radius 3 is 2.59 bits per heavy atom. The van der Waals surface area contributed by atoms with Crippen molar-refractivity contribution in [1.29, 1.82) is 0 Å². The second kappa shape index (κ2) is 11.0. The van der Waals surface area contributed by atoms with Gasteiger partial charge in [-0.05, 0) is 48.9 Å². The Morgan fingerprint density at radius 1 is 1.23 bits per heavy atom. The molecule has 214 valence electrons. The molecule has 3 heterocycles. The van der Waals surface area contributed by atoms with E-state index in [0.29, 0.717) is 49.2 Å². The lowest BCUT2D eigenvalue weighted by molar-refractivity contribution is -0.170. The largest absolute Gasteiger partial charge is 0.471 e. The highest BCUT2D eigenvalue weighted by atomic mass is 32.2. The highest BCUT2D eigenvalue weighted by Crippen LogP contribution is 2.43. The molecule has 1 atom stereocenters. The first kappa shape index (κ1) is 29.8. The van der Waals surface area contributed by atoms with Crippen molar-refractivity contribution in [3.05, 3.63) is 41.1 Å². The molecule has 7 nitrogen and oxygen atoms in total. The van der Waals surface area contributed by atoms with Gasteiger partial charge < -0.3 is 14.2 Å². The van der Waals surface area contributed by atoms with Crippen LogP contribution in [0.15, 0.2) is 29.6 Å². The number of carbonyl (C=O) groups is 1. The molecule has 0 bridgehead atoms. The Labute approximate surface area is 234 Å². The molecule has 0 unspecified atom stereocenters. The van der Waals surface area contributed by atoms with Gasteiger partial charge >= 0.3 is 12.1 Å². The van der Waals surface area contributed by atoms with Gasteiger partial charge in [0.2, 0.25) is 0 Å². The molecule has 1 amide bonds. The summed E-state index contributed by atoms with van der Waals surface area (Å²) < 4.78 is 46.8. The monoisotopic (exact) mass is 581 g/mol. The van der Waals surface area contributed by atoms with Crippen molar-refractivity contribution in [2.45, 2.75) is 76.2 Å². The maximum absolute atomic E-state index is 13.4. The molecule has 0 N–H and O–H groups in total. The predicted octanol–water partition coefficient (Wildman–Crippen LogP) is 6.15. The lowest BCUT2D eigenvalue weighted by atomic mass is 9.92. The zero-order valence-electron chi connectivity index (χ0n) is 23.7. The van der Waals surface area contributed by atoms with Crippen LogP contribution in [0.25, 0.3) is 0 Å². The number of hydrogen-bond acceptors (Lipinski definition) is 7. The lowest BCUT2D eigenvalue weighted by Gasteiger charge is -2.45. The van der Waals surface area contributed by atoms with Crippen molar-refractivity contribution in [1.82, 2.24) is 14.9 Å². The van der Waals surface area contributed by atoms with Crippen LogP contribution in [0, 0.1) is 6.92 Å². The fraction of sp³-hybridized carbons (Fsp3) is 0.593. The van der Waals surface area contributed by atoms with Crippen molar-refractivity contribution in [2.75, 3.05) is 42.4 Å². The van der Waals surface area contributed by atoms with Gasteiger partial charge in [-0.3, -0.25) is 9.69 Å². The third kappa shape index (κ3) is 6.13. The van der Waals surface area contributed by atoms with Crippen LogP contribution in [0.5, 0.6) is 0 Å². The number of fused-ring (bicyclic) bond motifs is 2. The highest BCUT2D eigenvalue weighted by molar-refractivity contribution is 7.98. The summed E-state index contributed by atoms with van der Waals surface area (Å²) in [5.74, 6) is -0.943. The van der Waals surface area contributed by atoms with Crippen LogP contribution in [0.2, 0.25) is 18.1 Å². The van der Waals surface area contributed by atoms with Crippen molar-refractivity contribution >= 4 is 37.5 Å². The quantitative estimate of drug-likeness (QED) is 0.230. The average Bonchev–Trinajstić information content (AvgIpc) is 2.86. The number of nitrogens with zero attached hydrogens (tertiary/aromatic N) is 5. The Kier molecular flexibility index (Phi) is 8.43. The first-order chi connectivity index (χ1) is 18.1. The van der Waals surface area contributed by atoms with Gasteiger partial charge in [-0.25, -0.2) is 9.97 Å². The van der Waals surface area contributed by atoms with Gasteiger partial charge in [-0.15, -0.1) is 0 Å². The van der Waals surface area contributed by atoms with Gasteiger partial charge in [0.1, 0.15) is 5.82 Å². The van der Waals surface area contributed by atoms with E-state index in [0.717, 1.165) is 21.8 Å². The molecule has 0 saturated heterocycles. The van der Waals surface area contributed by atoms with E-state index in [9.17, 15) is 18.0 Å². The summed E-state index contributed by atoms with van der Waals surface area (Å²) >= 11 is 1.48. The summed E-state index contributed by atoms with van der Waals surface area (Å²) in [6.07, 6.45) is -0.742. The van der Waals surface area contributed by atoms with Crippen molar-refractivity contribution < 1.29 is 22.4 Å². The molecule has 2 aliphatic heterocycles. The van der Waals surface area contributed by atoms with Crippen LogP contribution in [0.4, 0.5) is 24.7 Å². The molecule has 0 saturated carbocycles. The van der Waals surface area contributed by atoms with E-state index in [2.05, 4.69) is 48.6 Å². The van der Waals surface area contributed by atoms with Crippen LogP contribution < -0.4 is 9.80 Å². The van der Waals surface area contributed by atoms with Crippen LogP contribution in [0.3, 0.4) is 0 Å². The number of hydrogen-bond donors (Lipinski definition) is 0. The molecular weight excluding hydrogens is 543 g/mol. The number of benzene rings is 1. The van der Waals surface area contributed by atoms with Gasteiger partial charge in [0.25, 0.3) is 0 Å². The van der Waals surface area contributed by atoms with Crippen molar-refractivity contribution in [3.63, 3.8) is 0 Å². The number of aryl methyl sites for hydroxylation is 1. The fourth-order valence-electron chi connectivity index (χ4n) is 5.01. The number of para-hydroxylation sites is 1. The Bertz CT molecular complexity index is 1220. The molecule has 0 spiro atoms. The fourth-order valence-corrected chi connectivity index (χ4v) is 6.38. The van der Waals surface area contributed by atoms with Crippen LogP contribution in [-0.4, -0.2) is 67.9 Å². The first-order valence-corrected chi connectivity index (χ1v) is 17.3. The molecule has 2 aromatic rings. The average molecular weight is 582 g/mol. The van der Waals surface area contributed by atoms with E-state index < -0.39 is 20.4 Å². The van der Waals surface area contributed by atoms with E-state index >= 15 is 0 Å². The predicted molar refractivity (Wildman–Crippen MR) is 152 cm³/mol. The molecule has 0 aliphatic carbocycles. The van der Waals surface area contributed by atoms with Crippen LogP contribution in [0.1, 0.15) is 49.9 Å². The van der Waals surface area contributed by atoms with Crippen LogP contribution in [-0.2, 0) is 15.8 Å². The Morgan fingerprint density at radius 2 is 1.95 bits per heavy atom. The summed E-state index contributed by atoms with van der Waals surface area (Å²) in [6, 6.07) is 5.29. The molecule has 1 aromatic carbocycles. The molecule has 39 heavy (non-hydrogen) atoms. The second-order valence-corrected chi connectivity index (χ2v) is 17.3. The van der Waals surface area contributed by atoms with Gasteiger partial charge in [0.15, 0.2) is 13.5 Å². The smallest absolute Gasteiger partial charge is 0.415 e. The molecule has 2 aliphatic rings. The molecule has 12 heteroatoms. The lowest BCUT2D eigenvalue weighted by Crippen LogP contribution is -2.50. The molecule has 0 radical (unpaired) electrons. The van der Waals surface area contributed by atoms with E-state index in [4.69, 9.17) is 9.41 Å². The standard InChI is InChI=1S/C27H38F3N5O2SSi/c1-18-9-8-10-20-21(11-12-35(22(18)20)24(36)27(28,29)30)34-16-19-15-31-25(38-5)32-23(19)33(17-34)13-14-37-39(6,7)26(2,3)4/h8-10,15,21H,11-14,16-17H2,1-7H3/t21-/m0/s1. The van der Waals surface area contributed by atoms with E-state index in [1.54, 1.807) is 13.0 Å². The number of halogens is 3. The van der Waals surface area contributed by atoms with Gasteiger partial charge in [0.05, 0.1) is 19.0 Å². The number of aromatic nitrogens is 2. The summed E-state index contributed by atoms with van der Waals surface area (Å²) in [5, 5.41) is 0.786. The SMILES string of the molecule is CSc1ncc2c(n1)N(CCO[Si](C)(C)C(C)(C)C)CN([C@H]1CCN(C(=O)C(F)(F)F)c3c(C)cccc31)C2. The highest BCUT2D eigenvalue weighted by Gasteiger charge is 2.46. The van der Waals surface area contributed by atoms with Crippen molar-refractivity contribution in [2.24, 2.45) is 0 Å². The minimum absolute atomic E-state index is 0.000611. The minimum atomic E-state index is -4.93.